The van der Waals surface area contributed by atoms with Crippen molar-refractivity contribution in [2.24, 2.45) is 0 Å². The molecule has 6 heteroatoms. The summed E-state index contributed by atoms with van der Waals surface area (Å²) in [5.41, 5.74) is 2.11. The minimum Gasteiger partial charge on any atom is -0.508 e. The summed E-state index contributed by atoms with van der Waals surface area (Å²) in [6.07, 6.45) is 0.648. The standard InChI is InChI=1S/C16H15N3O2S/c1-2-10-8-12(14(21)9-13(10)20)15-17-18-16(22)19(15)11-6-4-3-5-7-11/h3-9,20-21H,2H2,1H3,(H,18,22). The van der Waals surface area contributed by atoms with Crippen LogP contribution in [-0.4, -0.2) is 25.0 Å². The predicted molar refractivity (Wildman–Crippen MR) is 86.9 cm³/mol. The van der Waals surface area contributed by atoms with E-state index >= 15 is 0 Å². The number of phenolic OH excluding ortho intramolecular Hbond substituents is 2. The Bertz CT molecular complexity index is 869. The zero-order valence-electron chi connectivity index (χ0n) is 11.9. The molecule has 3 rings (SSSR count). The van der Waals surface area contributed by atoms with Crippen LogP contribution in [0, 0.1) is 4.77 Å². The number of aryl methyl sites for hydroxylation is 1. The third-order valence-corrected chi connectivity index (χ3v) is 3.78. The zero-order valence-corrected chi connectivity index (χ0v) is 12.8. The Balaban J connectivity index is 2.25. The first kappa shape index (κ1) is 14.3. The normalized spacial score (nSPS) is 10.8. The van der Waals surface area contributed by atoms with E-state index in [9.17, 15) is 10.2 Å². The van der Waals surface area contributed by atoms with Crippen LogP contribution in [0.15, 0.2) is 42.5 Å². The van der Waals surface area contributed by atoms with Gasteiger partial charge in [0.05, 0.1) is 5.56 Å². The molecule has 0 bridgehead atoms. The van der Waals surface area contributed by atoms with E-state index in [1.54, 1.807) is 10.6 Å². The van der Waals surface area contributed by atoms with Gasteiger partial charge in [0.15, 0.2) is 10.6 Å². The summed E-state index contributed by atoms with van der Waals surface area (Å²) >= 11 is 5.30. The highest BCUT2D eigenvalue weighted by Gasteiger charge is 2.16. The van der Waals surface area contributed by atoms with Crippen LogP contribution < -0.4 is 0 Å². The lowest BCUT2D eigenvalue weighted by Crippen LogP contribution is -1.98. The quantitative estimate of drug-likeness (QED) is 0.646. The molecule has 3 aromatic rings. The van der Waals surface area contributed by atoms with Gasteiger partial charge in [0.1, 0.15) is 11.5 Å². The maximum atomic E-state index is 10.2. The van der Waals surface area contributed by atoms with Crippen molar-refractivity contribution in [2.45, 2.75) is 13.3 Å². The number of nitrogens with zero attached hydrogens (tertiary/aromatic N) is 2. The molecule has 1 heterocycles. The second-order valence-electron chi connectivity index (χ2n) is 4.87. The molecule has 0 aliphatic heterocycles. The zero-order chi connectivity index (χ0) is 15.7. The first-order valence-electron chi connectivity index (χ1n) is 6.90. The summed E-state index contributed by atoms with van der Waals surface area (Å²) in [5, 5.41) is 27.0. The van der Waals surface area contributed by atoms with Crippen molar-refractivity contribution in [2.75, 3.05) is 0 Å². The van der Waals surface area contributed by atoms with Gasteiger partial charge in [-0.2, -0.15) is 5.10 Å². The SMILES string of the molecule is CCc1cc(-c2n[nH]c(=S)n2-c2ccccc2)c(O)cc1O. The summed E-state index contributed by atoms with van der Waals surface area (Å²) in [6.45, 7) is 1.93. The lowest BCUT2D eigenvalue weighted by Gasteiger charge is -2.10. The smallest absolute Gasteiger partial charge is 0.200 e. The first-order valence-corrected chi connectivity index (χ1v) is 7.30. The van der Waals surface area contributed by atoms with Gasteiger partial charge in [-0.15, -0.1) is 0 Å². The molecule has 0 aliphatic carbocycles. The van der Waals surface area contributed by atoms with Crippen molar-refractivity contribution in [1.29, 1.82) is 0 Å². The van der Waals surface area contributed by atoms with E-state index in [0.29, 0.717) is 22.6 Å². The number of nitrogens with one attached hydrogen (secondary N) is 1. The molecular formula is C16H15N3O2S. The molecule has 112 valence electrons. The molecule has 0 saturated carbocycles. The number of benzene rings is 2. The fraction of sp³-hybridized carbons (Fsp3) is 0.125. The van der Waals surface area contributed by atoms with Crippen LogP contribution in [0.25, 0.3) is 17.1 Å². The van der Waals surface area contributed by atoms with Crippen LogP contribution in [0.5, 0.6) is 11.5 Å². The highest BCUT2D eigenvalue weighted by atomic mass is 32.1. The van der Waals surface area contributed by atoms with Crippen LogP contribution >= 0.6 is 12.2 Å². The van der Waals surface area contributed by atoms with Gasteiger partial charge in [-0.05, 0) is 42.4 Å². The highest BCUT2D eigenvalue weighted by molar-refractivity contribution is 7.71. The molecule has 5 nitrogen and oxygen atoms in total. The summed E-state index contributed by atoms with van der Waals surface area (Å²) in [5.74, 6) is 0.536. The van der Waals surface area contributed by atoms with Crippen LogP contribution in [0.4, 0.5) is 0 Å². The minimum absolute atomic E-state index is 0.0409. The van der Waals surface area contributed by atoms with E-state index in [0.717, 1.165) is 11.3 Å². The maximum Gasteiger partial charge on any atom is 0.200 e. The van der Waals surface area contributed by atoms with E-state index in [1.807, 2.05) is 37.3 Å². The summed E-state index contributed by atoms with van der Waals surface area (Å²) < 4.78 is 2.19. The van der Waals surface area contributed by atoms with Crippen molar-refractivity contribution in [3.05, 3.63) is 52.8 Å². The number of aromatic nitrogens is 3. The molecule has 0 aliphatic rings. The van der Waals surface area contributed by atoms with Crippen LogP contribution in [0.3, 0.4) is 0 Å². The van der Waals surface area contributed by atoms with Gasteiger partial charge in [-0.3, -0.25) is 9.67 Å². The minimum atomic E-state index is -0.0409. The Hall–Kier alpha value is -2.60. The van der Waals surface area contributed by atoms with Crippen LogP contribution in [0.2, 0.25) is 0 Å². The molecule has 0 unspecified atom stereocenters. The van der Waals surface area contributed by atoms with Gasteiger partial charge in [-0.25, -0.2) is 0 Å². The Morgan fingerprint density at radius 2 is 1.86 bits per heavy atom. The summed E-state index contributed by atoms with van der Waals surface area (Å²) in [6, 6.07) is 12.6. The Morgan fingerprint density at radius 1 is 1.14 bits per heavy atom. The molecule has 0 atom stereocenters. The predicted octanol–water partition coefficient (Wildman–Crippen LogP) is 3.57. The number of phenols is 2. The van der Waals surface area contributed by atoms with Gasteiger partial charge < -0.3 is 10.2 Å². The van der Waals surface area contributed by atoms with Gasteiger partial charge in [0.25, 0.3) is 0 Å². The largest absolute Gasteiger partial charge is 0.508 e. The topological polar surface area (TPSA) is 74.1 Å². The van der Waals surface area contributed by atoms with Gasteiger partial charge in [0, 0.05) is 11.8 Å². The molecule has 0 spiro atoms. The number of hydrogen-bond donors (Lipinski definition) is 3. The molecule has 3 N–H and O–H groups in total. The van der Waals surface area contributed by atoms with E-state index in [-0.39, 0.29) is 11.5 Å². The lowest BCUT2D eigenvalue weighted by atomic mass is 10.1. The van der Waals surface area contributed by atoms with E-state index < -0.39 is 0 Å². The number of rotatable bonds is 3. The summed E-state index contributed by atoms with van der Waals surface area (Å²) in [4.78, 5) is 0. The van der Waals surface area contributed by atoms with Crippen LogP contribution in [0.1, 0.15) is 12.5 Å². The molecular weight excluding hydrogens is 298 g/mol. The van der Waals surface area contributed by atoms with E-state index in [4.69, 9.17) is 12.2 Å². The van der Waals surface area contributed by atoms with Crippen molar-refractivity contribution in [1.82, 2.24) is 14.8 Å². The van der Waals surface area contributed by atoms with Crippen LogP contribution in [-0.2, 0) is 6.42 Å². The third kappa shape index (κ3) is 2.37. The van der Waals surface area contributed by atoms with Crippen molar-refractivity contribution < 1.29 is 10.2 Å². The number of aromatic amines is 1. The van der Waals surface area contributed by atoms with E-state index in [2.05, 4.69) is 10.2 Å². The van der Waals surface area contributed by atoms with Crippen molar-refractivity contribution in [3.63, 3.8) is 0 Å². The maximum absolute atomic E-state index is 10.2. The average molecular weight is 313 g/mol. The second-order valence-corrected chi connectivity index (χ2v) is 5.26. The van der Waals surface area contributed by atoms with Crippen molar-refractivity contribution in [3.8, 4) is 28.6 Å². The molecule has 0 amide bonds. The number of hydrogen-bond acceptors (Lipinski definition) is 4. The highest BCUT2D eigenvalue weighted by Crippen LogP contribution is 2.35. The average Bonchev–Trinajstić information content (AvgIpc) is 2.90. The lowest BCUT2D eigenvalue weighted by molar-refractivity contribution is 0.447. The fourth-order valence-corrected chi connectivity index (χ4v) is 2.62. The van der Waals surface area contributed by atoms with Crippen molar-refractivity contribution >= 4 is 12.2 Å². The second kappa shape index (κ2) is 5.65. The van der Waals surface area contributed by atoms with Gasteiger partial charge >= 0.3 is 0 Å². The molecule has 22 heavy (non-hydrogen) atoms. The van der Waals surface area contributed by atoms with E-state index in [1.165, 1.54) is 6.07 Å². The molecule has 1 aromatic heterocycles. The molecule has 0 radical (unpaired) electrons. The number of aromatic hydroxyl groups is 2. The first-order chi connectivity index (χ1) is 10.6. The van der Waals surface area contributed by atoms with Gasteiger partial charge in [-0.1, -0.05) is 25.1 Å². The monoisotopic (exact) mass is 313 g/mol. The number of H-pyrrole nitrogens is 1. The Labute approximate surface area is 132 Å². The Morgan fingerprint density at radius 3 is 2.55 bits per heavy atom. The van der Waals surface area contributed by atoms with Gasteiger partial charge in [0.2, 0.25) is 0 Å². The Kier molecular flexibility index (Phi) is 3.68. The number of para-hydroxylation sites is 1. The molecule has 0 saturated heterocycles. The molecule has 2 aromatic carbocycles. The molecule has 0 fully saturated rings. The fourth-order valence-electron chi connectivity index (χ4n) is 2.38. The third-order valence-electron chi connectivity index (χ3n) is 3.51. The summed E-state index contributed by atoms with van der Waals surface area (Å²) in [7, 11) is 0.